The van der Waals surface area contributed by atoms with E-state index >= 15 is 0 Å². The summed E-state index contributed by atoms with van der Waals surface area (Å²) in [4.78, 5) is 0. The zero-order valence-electron chi connectivity index (χ0n) is 5.81. The Morgan fingerprint density at radius 3 is 2.00 bits per heavy atom. The molecule has 0 nitrogen and oxygen atoms in total. The van der Waals surface area contributed by atoms with E-state index in [9.17, 15) is 0 Å². The topological polar surface area (TPSA) is 0 Å². The van der Waals surface area contributed by atoms with Crippen molar-refractivity contribution in [1.29, 1.82) is 0 Å². The molecule has 52 valence electrons. The van der Waals surface area contributed by atoms with Crippen molar-refractivity contribution in [1.82, 2.24) is 0 Å². The molecule has 0 aromatic rings. The van der Waals surface area contributed by atoms with Crippen LogP contribution in [0, 0.1) is 11.8 Å². The van der Waals surface area contributed by atoms with Crippen molar-refractivity contribution >= 4 is 15.0 Å². The van der Waals surface area contributed by atoms with E-state index in [4.69, 9.17) is 0 Å². The molecule has 2 rings (SSSR count). The molecule has 1 heterocycles. The van der Waals surface area contributed by atoms with E-state index in [1.54, 1.807) is 23.5 Å². The fourth-order valence-electron chi connectivity index (χ4n) is 2.09. The maximum atomic E-state index is 1.62. The summed E-state index contributed by atoms with van der Waals surface area (Å²) in [6.45, 7) is 0. The van der Waals surface area contributed by atoms with Gasteiger partial charge in [-0.25, -0.2) is 0 Å². The first-order valence-electron chi connectivity index (χ1n) is 4.04. The standard InChI is InChI=1S/C8H14Se/c1-2-4-8-6-9-5-7(8)3-1/h7-8H,1-6H2. The Bertz CT molecular complexity index is 88.7. The van der Waals surface area contributed by atoms with Crippen molar-refractivity contribution in [2.45, 2.75) is 36.3 Å². The number of rotatable bonds is 0. The Morgan fingerprint density at radius 2 is 1.44 bits per heavy atom. The normalized spacial score (nSPS) is 42.7. The Hall–Kier alpha value is 0.519. The van der Waals surface area contributed by atoms with E-state index in [-0.39, 0.29) is 0 Å². The Kier molecular flexibility index (Phi) is 1.83. The van der Waals surface area contributed by atoms with Gasteiger partial charge >= 0.3 is 63.1 Å². The molecule has 9 heavy (non-hydrogen) atoms. The maximum absolute atomic E-state index is 1.62. The van der Waals surface area contributed by atoms with Gasteiger partial charge in [0.25, 0.3) is 0 Å². The second-order valence-corrected chi connectivity index (χ2v) is 5.60. The Labute approximate surface area is 63.6 Å². The second-order valence-electron chi connectivity index (χ2n) is 3.34. The van der Waals surface area contributed by atoms with Crippen LogP contribution < -0.4 is 0 Å². The molecule has 1 aliphatic carbocycles. The Morgan fingerprint density at radius 1 is 0.889 bits per heavy atom. The van der Waals surface area contributed by atoms with Gasteiger partial charge in [-0.1, -0.05) is 0 Å². The van der Waals surface area contributed by atoms with E-state index in [1.807, 2.05) is 0 Å². The van der Waals surface area contributed by atoms with Gasteiger partial charge in [-0.15, -0.1) is 0 Å². The summed E-state index contributed by atoms with van der Waals surface area (Å²) in [7, 11) is 0. The van der Waals surface area contributed by atoms with Crippen molar-refractivity contribution in [3.8, 4) is 0 Å². The molecule has 2 fully saturated rings. The average molecular weight is 189 g/mol. The Balaban J connectivity index is 1.97. The summed E-state index contributed by atoms with van der Waals surface area (Å²) in [5.41, 5.74) is 0. The first-order valence-corrected chi connectivity index (χ1v) is 6.47. The van der Waals surface area contributed by atoms with Crippen molar-refractivity contribution in [3.05, 3.63) is 0 Å². The number of hydrogen-bond donors (Lipinski definition) is 0. The molecular formula is C8H14Se. The third-order valence-electron chi connectivity index (χ3n) is 2.73. The molecule has 2 unspecified atom stereocenters. The predicted octanol–water partition coefficient (Wildman–Crippen LogP) is 2.35. The van der Waals surface area contributed by atoms with Crippen molar-refractivity contribution < 1.29 is 0 Å². The van der Waals surface area contributed by atoms with Crippen LogP contribution >= 0.6 is 0 Å². The SMILES string of the molecule is C1CCC2C[Se]CC2C1. The van der Waals surface area contributed by atoms with Crippen LogP contribution in [0.3, 0.4) is 0 Å². The van der Waals surface area contributed by atoms with Gasteiger partial charge < -0.3 is 0 Å². The van der Waals surface area contributed by atoms with Crippen LogP contribution in [0.25, 0.3) is 0 Å². The van der Waals surface area contributed by atoms with Crippen LogP contribution in [0.15, 0.2) is 0 Å². The fourth-order valence-corrected chi connectivity index (χ4v) is 5.49. The molecule has 0 N–H and O–H groups in total. The summed E-state index contributed by atoms with van der Waals surface area (Å²) in [6, 6.07) is 0. The quantitative estimate of drug-likeness (QED) is 0.513. The fraction of sp³-hybridized carbons (Fsp3) is 1.00. The van der Waals surface area contributed by atoms with E-state index in [2.05, 4.69) is 0 Å². The van der Waals surface area contributed by atoms with E-state index < -0.39 is 0 Å². The van der Waals surface area contributed by atoms with Crippen molar-refractivity contribution in [3.63, 3.8) is 0 Å². The monoisotopic (exact) mass is 190 g/mol. The van der Waals surface area contributed by atoms with Crippen LogP contribution in [0.2, 0.25) is 10.6 Å². The van der Waals surface area contributed by atoms with Crippen LogP contribution in [-0.4, -0.2) is 15.0 Å². The molecule has 2 atom stereocenters. The van der Waals surface area contributed by atoms with Gasteiger partial charge in [0.2, 0.25) is 0 Å². The van der Waals surface area contributed by atoms with Crippen LogP contribution in [0.1, 0.15) is 25.7 Å². The molecule has 0 aromatic heterocycles. The van der Waals surface area contributed by atoms with Gasteiger partial charge in [0.05, 0.1) is 0 Å². The summed E-state index contributed by atoms with van der Waals surface area (Å²) in [5.74, 6) is 2.39. The molecular weight excluding hydrogens is 175 g/mol. The molecule has 0 spiro atoms. The zero-order valence-corrected chi connectivity index (χ0v) is 7.52. The van der Waals surface area contributed by atoms with E-state index in [1.165, 1.54) is 24.7 Å². The van der Waals surface area contributed by atoms with Gasteiger partial charge in [0, 0.05) is 0 Å². The van der Waals surface area contributed by atoms with Crippen LogP contribution in [-0.2, 0) is 0 Å². The molecule has 2 aliphatic rings. The predicted molar refractivity (Wildman–Crippen MR) is 40.8 cm³/mol. The average Bonchev–Trinajstić information content (AvgIpc) is 2.33. The van der Waals surface area contributed by atoms with Gasteiger partial charge in [-0.2, -0.15) is 0 Å². The number of hydrogen-bond acceptors (Lipinski definition) is 0. The van der Waals surface area contributed by atoms with Gasteiger partial charge in [0.15, 0.2) is 0 Å². The molecule has 0 radical (unpaired) electrons. The van der Waals surface area contributed by atoms with Gasteiger partial charge in [-0.3, -0.25) is 0 Å². The van der Waals surface area contributed by atoms with Crippen molar-refractivity contribution in [2.75, 3.05) is 0 Å². The molecule has 0 bridgehead atoms. The number of fused-ring (bicyclic) bond motifs is 1. The van der Waals surface area contributed by atoms with E-state index in [0.717, 1.165) is 15.0 Å². The van der Waals surface area contributed by atoms with Crippen LogP contribution in [0.5, 0.6) is 0 Å². The first-order chi connectivity index (χ1) is 4.47. The van der Waals surface area contributed by atoms with Gasteiger partial charge in [0.1, 0.15) is 0 Å². The third kappa shape index (κ3) is 1.18. The zero-order chi connectivity index (χ0) is 6.10. The molecule has 1 saturated carbocycles. The molecule has 1 heteroatoms. The molecule has 0 aromatic carbocycles. The summed E-state index contributed by atoms with van der Waals surface area (Å²) >= 11 is 1.06. The third-order valence-corrected chi connectivity index (χ3v) is 5.52. The molecule has 1 aliphatic heterocycles. The summed E-state index contributed by atoms with van der Waals surface area (Å²) < 4.78 is 0. The summed E-state index contributed by atoms with van der Waals surface area (Å²) in [5, 5.41) is 3.25. The van der Waals surface area contributed by atoms with Crippen LogP contribution in [0.4, 0.5) is 0 Å². The minimum atomic E-state index is 1.06. The second kappa shape index (κ2) is 2.64. The molecule has 1 saturated heterocycles. The summed E-state index contributed by atoms with van der Waals surface area (Å²) in [6.07, 6.45) is 6.23. The van der Waals surface area contributed by atoms with E-state index in [0.29, 0.717) is 0 Å². The minimum absolute atomic E-state index is 1.06. The van der Waals surface area contributed by atoms with Gasteiger partial charge in [-0.05, 0) is 0 Å². The molecule has 0 amide bonds. The first kappa shape index (κ1) is 6.24. The van der Waals surface area contributed by atoms with Crippen molar-refractivity contribution in [2.24, 2.45) is 11.8 Å².